The predicted octanol–water partition coefficient (Wildman–Crippen LogP) is 2.92. The second-order valence-electron chi connectivity index (χ2n) is 6.07. The van der Waals surface area contributed by atoms with Gasteiger partial charge in [-0.1, -0.05) is 12.1 Å². The smallest absolute Gasteiger partial charge is 0.254 e. The van der Waals surface area contributed by atoms with Crippen molar-refractivity contribution in [3.05, 3.63) is 59.5 Å². The van der Waals surface area contributed by atoms with Crippen LogP contribution >= 0.6 is 24.8 Å². The van der Waals surface area contributed by atoms with E-state index in [1.807, 2.05) is 25.1 Å². The van der Waals surface area contributed by atoms with E-state index < -0.39 is 0 Å². The molecule has 0 spiro atoms. The Hall–Kier alpha value is -1.89. The number of amides is 1. The lowest BCUT2D eigenvalue weighted by Gasteiger charge is -2.36. The Balaban J connectivity index is 0.00000169. The number of anilines is 1. The fourth-order valence-electron chi connectivity index (χ4n) is 2.92. The van der Waals surface area contributed by atoms with Crippen molar-refractivity contribution in [3.63, 3.8) is 0 Å². The highest BCUT2D eigenvalue weighted by molar-refractivity contribution is 5.95. The number of rotatable bonds is 3. The van der Waals surface area contributed by atoms with Crippen LogP contribution in [0, 0.1) is 5.82 Å². The van der Waals surface area contributed by atoms with Gasteiger partial charge >= 0.3 is 0 Å². The molecule has 2 aromatic rings. The number of benzene rings is 1. The lowest BCUT2D eigenvalue weighted by Crippen LogP contribution is -2.48. The molecule has 1 amide bonds. The monoisotopic (exact) mass is 400 g/mol. The topological polar surface area (TPSA) is 48.5 Å². The summed E-state index contributed by atoms with van der Waals surface area (Å²) in [7, 11) is 3.77. The largest absolute Gasteiger partial charge is 0.363 e. The fourth-order valence-corrected chi connectivity index (χ4v) is 2.92. The summed E-state index contributed by atoms with van der Waals surface area (Å²) >= 11 is 0. The first-order valence-electron chi connectivity index (χ1n) is 7.97. The maximum atomic E-state index is 13.6. The van der Waals surface area contributed by atoms with Gasteiger partial charge in [0.05, 0.1) is 6.04 Å². The summed E-state index contributed by atoms with van der Waals surface area (Å²) in [6, 6.07) is 9.77. The molecule has 3 rings (SSSR count). The molecule has 1 fully saturated rings. The number of nitrogens with one attached hydrogen (secondary N) is 1. The zero-order chi connectivity index (χ0) is 17.1. The Morgan fingerprint density at radius 1 is 1.27 bits per heavy atom. The first kappa shape index (κ1) is 22.2. The Bertz CT molecular complexity index is 745. The summed E-state index contributed by atoms with van der Waals surface area (Å²) in [6.45, 7) is 1.92. The van der Waals surface area contributed by atoms with Crippen LogP contribution in [-0.2, 0) is 0 Å². The van der Waals surface area contributed by atoms with Crippen LogP contribution in [0.15, 0.2) is 42.6 Å². The third-order valence-electron chi connectivity index (χ3n) is 4.19. The molecule has 1 aliphatic heterocycles. The van der Waals surface area contributed by atoms with Gasteiger partial charge in [0.1, 0.15) is 11.6 Å². The van der Waals surface area contributed by atoms with Crippen molar-refractivity contribution in [2.75, 3.05) is 38.6 Å². The van der Waals surface area contributed by atoms with Crippen LogP contribution < -0.4 is 10.2 Å². The molecule has 26 heavy (non-hydrogen) atoms. The van der Waals surface area contributed by atoms with Crippen LogP contribution in [0.1, 0.15) is 22.0 Å². The second kappa shape index (κ2) is 9.71. The van der Waals surface area contributed by atoms with E-state index in [1.165, 1.54) is 12.1 Å². The minimum Gasteiger partial charge on any atom is -0.363 e. The zero-order valence-electron chi connectivity index (χ0n) is 14.7. The number of aromatic nitrogens is 1. The van der Waals surface area contributed by atoms with E-state index in [0.717, 1.165) is 17.9 Å². The Labute approximate surface area is 165 Å². The number of halogens is 3. The fraction of sp³-hybridized carbons (Fsp3) is 0.333. The molecule has 0 saturated carbocycles. The van der Waals surface area contributed by atoms with Gasteiger partial charge in [-0.15, -0.1) is 24.8 Å². The molecule has 1 aromatic heterocycles. The van der Waals surface area contributed by atoms with E-state index in [9.17, 15) is 9.18 Å². The van der Waals surface area contributed by atoms with E-state index in [-0.39, 0.29) is 42.6 Å². The molecular formula is C18H23Cl2FN4O. The van der Waals surface area contributed by atoms with Crippen LogP contribution in [0.3, 0.4) is 0 Å². The Kier molecular flexibility index (Phi) is 8.27. The van der Waals surface area contributed by atoms with Gasteiger partial charge in [0, 0.05) is 45.5 Å². The average Bonchev–Trinajstić information content (AvgIpc) is 2.61. The van der Waals surface area contributed by atoms with Crippen LogP contribution in [0.25, 0.3) is 0 Å². The Morgan fingerprint density at radius 2 is 2.04 bits per heavy atom. The van der Waals surface area contributed by atoms with Crippen LogP contribution in [0.5, 0.6) is 0 Å². The average molecular weight is 401 g/mol. The SMILES string of the molecule is CN(C)c1cc(C(=O)N2CCNCC2c2cccc(F)c2)ccn1.Cl.Cl. The lowest BCUT2D eigenvalue weighted by molar-refractivity contribution is 0.0634. The van der Waals surface area contributed by atoms with E-state index in [4.69, 9.17) is 0 Å². The van der Waals surface area contributed by atoms with E-state index >= 15 is 0 Å². The summed E-state index contributed by atoms with van der Waals surface area (Å²) in [5.74, 6) is 0.388. The van der Waals surface area contributed by atoms with Crippen LogP contribution in [0.2, 0.25) is 0 Å². The molecule has 8 heteroatoms. The Morgan fingerprint density at radius 3 is 2.73 bits per heavy atom. The highest BCUT2D eigenvalue weighted by atomic mass is 35.5. The van der Waals surface area contributed by atoms with Crippen molar-refractivity contribution in [2.24, 2.45) is 0 Å². The number of pyridine rings is 1. The summed E-state index contributed by atoms with van der Waals surface area (Å²) in [5, 5.41) is 3.28. The molecule has 142 valence electrons. The van der Waals surface area contributed by atoms with Gasteiger partial charge in [-0.3, -0.25) is 4.79 Å². The molecule has 0 aliphatic carbocycles. The highest BCUT2D eigenvalue weighted by Gasteiger charge is 2.29. The normalized spacial score (nSPS) is 16.3. The summed E-state index contributed by atoms with van der Waals surface area (Å²) < 4.78 is 13.6. The van der Waals surface area contributed by atoms with Crippen molar-refractivity contribution in [1.29, 1.82) is 0 Å². The molecule has 1 N–H and O–H groups in total. The standard InChI is InChI=1S/C18H21FN4O.2ClH/c1-22(2)17-11-14(6-7-21-17)18(24)23-9-8-20-12-16(23)13-4-3-5-15(19)10-13;;/h3-7,10-11,16,20H,8-9,12H2,1-2H3;2*1H. The van der Waals surface area contributed by atoms with Gasteiger partial charge in [-0.2, -0.15) is 0 Å². The third kappa shape index (κ3) is 4.84. The predicted molar refractivity (Wildman–Crippen MR) is 106 cm³/mol. The molecule has 1 aromatic carbocycles. The highest BCUT2D eigenvalue weighted by Crippen LogP contribution is 2.25. The quantitative estimate of drug-likeness (QED) is 0.860. The maximum absolute atomic E-state index is 13.6. The number of hydrogen-bond acceptors (Lipinski definition) is 4. The number of carbonyl (C=O) groups excluding carboxylic acids is 1. The van der Waals surface area contributed by atoms with E-state index in [2.05, 4.69) is 10.3 Å². The zero-order valence-corrected chi connectivity index (χ0v) is 16.3. The van der Waals surface area contributed by atoms with Crippen molar-refractivity contribution in [1.82, 2.24) is 15.2 Å². The molecule has 5 nitrogen and oxygen atoms in total. The van der Waals surface area contributed by atoms with Gasteiger partial charge in [-0.25, -0.2) is 9.37 Å². The second-order valence-corrected chi connectivity index (χ2v) is 6.07. The summed E-state index contributed by atoms with van der Waals surface area (Å²) in [4.78, 5) is 20.9. The summed E-state index contributed by atoms with van der Waals surface area (Å²) in [5.41, 5.74) is 1.40. The van der Waals surface area contributed by atoms with Crippen molar-refractivity contribution in [3.8, 4) is 0 Å². The first-order valence-corrected chi connectivity index (χ1v) is 7.97. The first-order chi connectivity index (χ1) is 11.6. The van der Waals surface area contributed by atoms with Gasteiger partial charge in [-0.05, 0) is 29.8 Å². The van der Waals surface area contributed by atoms with Crippen LogP contribution in [-0.4, -0.2) is 49.5 Å². The number of nitrogens with zero attached hydrogens (tertiary/aromatic N) is 3. The molecule has 2 heterocycles. The minimum atomic E-state index is -0.288. The van der Waals surface area contributed by atoms with E-state index in [1.54, 1.807) is 29.3 Å². The number of hydrogen-bond donors (Lipinski definition) is 1. The lowest BCUT2D eigenvalue weighted by atomic mass is 10.0. The third-order valence-corrected chi connectivity index (χ3v) is 4.19. The molecule has 1 unspecified atom stereocenters. The molecule has 1 aliphatic rings. The molecular weight excluding hydrogens is 378 g/mol. The van der Waals surface area contributed by atoms with Gasteiger partial charge in [0.25, 0.3) is 5.91 Å². The molecule has 0 radical (unpaired) electrons. The summed E-state index contributed by atoms with van der Waals surface area (Å²) in [6.07, 6.45) is 1.64. The number of carbonyl (C=O) groups is 1. The van der Waals surface area contributed by atoms with Crippen LogP contribution in [0.4, 0.5) is 10.2 Å². The van der Waals surface area contributed by atoms with Crippen molar-refractivity contribution < 1.29 is 9.18 Å². The van der Waals surface area contributed by atoms with Gasteiger partial charge in [0.2, 0.25) is 0 Å². The maximum Gasteiger partial charge on any atom is 0.254 e. The van der Waals surface area contributed by atoms with Gasteiger partial charge in [0.15, 0.2) is 0 Å². The molecule has 1 atom stereocenters. The van der Waals surface area contributed by atoms with Crippen molar-refractivity contribution >= 4 is 36.5 Å². The minimum absolute atomic E-state index is 0. The van der Waals surface area contributed by atoms with Crippen molar-refractivity contribution in [2.45, 2.75) is 6.04 Å². The van der Waals surface area contributed by atoms with E-state index in [0.29, 0.717) is 18.7 Å². The number of piperazine rings is 1. The molecule has 1 saturated heterocycles. The van der Waals surface area contributed by atoms with Gasteiger partial charge < -0.3 is 15.1 Å². The molecule has 0 bridgehead atoms.